The summed E-state index contributed by atoms with van der Waals surface area (Å²) in [5, 5.41) is 8.42. The Kier molecular flexibility index (Phi) is 4.57. The van der Waals surface area contributed by atoms with Crippen molar-refractivity contribution in [2.75, 3.05) is 6.61 Å². The summed E-state index contributed by atoms with van der Waals surface area (Å²) in [7, 11) is 0. The fraction of sp³-hybridized carbons (Fsp3) is 0.0909. The quantitative estimate of drug-likeness (QED) is 0.334. The number of amides is 1. The minimum absolute atomic E-state index is 0.159. The van der Waals surface area contributed by atoms with Crippen LogP contribution >= 0.6 is 0 Å². The van der Waals surface area contributed by atoms with E-state index in [1.807, 2.05) is 17.6 Å². The number of hydrogen-bond acceptors (Lipinski definition) is 4. The first-order valence-corrected chi connectivity index (χ1v) is 4.55. The van der Waals surface area contributed by atoms with Crippen LogP contribution in [0.2, 0.25) is 0 Å². The molecule has 1 amide bonds. The van der Waals surface area contributed by atoms with Gasteiger partial charge in [-0.1, -0.05) is 18.2 Å². The highest BCUT2D eigenvalue weighted by Gasteiger charge is 2.02. The molecule has 1 aromatic carbocycles. The van der Waals surface area contributed by atoms with Gasteiger partial charge in [0, 0.05) is 11.6 Å². The summed E-state index contributed by atoms with van der Waals surface area (Å²) in [4.78, 5) is 10.9. The Labute approximate surface area is 93.1 Å². The zero-order chi connectivity index (χ0) is 11.8. The van der Waals surface area contributed by atoms with E-state index in [9.17, 15) is 4.79 Å². The van der Waals surface area contributed by atoms with Gasteiger partial charge in [-0.25, -0.2) is 5.84 Å². The Morgan fingerprint density at radius 1 is 1.56 bits per heavy atom. The summed E-state index contributed by atoms with van der Waals surface area (Å²) < 4.78 is 5.23. The summed E-state index contributed by atoms with van der Waals surface area (Å²) in [6, 6.07) is 8.96. The molecule has 0 saturated heterocycles. The molecule has 0 heterocycles. The number of carbonyl (C=O) groups excluding carboxylic acids is 1. The topological polar surface area (TPSA) is 88.1 Å². The molecule has 82 valence electrons. The Balaban J connectivity index is 2.75. The number of nitrogens with zero attached hydrogens (tertiary/aromatic N) is 1. The van der Waals surface area contributed by atoms with Crippen molar-refractivity contribution in [3.63, 3.8) is 0 Å². The van der Waals surface area contributed by atoms with Gasteiger partial charge in [-0.15, -0.1) is 0 Å². The van der Waals surface area contributed by atoms with Gasteiger partial charge in [0.15, 0.2) is 6.61 Å². The summed E-state index contributed by atoms with van der Waals surface area (Å²) in [5.74, 6) is 5.03. The van der Waals surface area contributed by atoms with E-state index in [1.165, 1.54) is 6.08 Å². The molecule has 0 aliphatic heterocycles. The molecule has 0 aliphatic rings. The molecule has 1 rings (SSSR count). The van der Waals surface area contributed by atoms with Crippen LogP contribution in [-0.2, 0) is 4.79 Å². The standard InChI is InChI=1S/C11H11N3O2/c12-7-3-5-9-4-1-2-6-10(9)16-8-11(15)14-13/h1-6H,8,13H2,(H,14,15). The molecule has 1 aromatic rings. The van der Waals surface area contributed by atoms with Crippen LogP contribution in [-0.4, -0.2) is 12.5 Å². The average molecular weight is 217 g/mol. The van der Waals surface area contributed by atoms with Crippen molar-refractivity contribution in [1.82, 2.24) is 5.43 Å². The maximum atomic E-state index is 10.9. The monoisotopic (exact) mass is 217 g/mol. The van der Waals surface area contributed by atoms with Gasteiger partial charge in [0.05, 0.1) is 6.07 Å². The molecule has 16 heavy (non-hydrogen) atoms. The third kappa shape index (κ3) is 3.44. The minimum atomic E-state index is -0.418. The van der Waals surface area contributed by atoms with Gasteiger partial charge in [0.25, 0.3) is 5.91 Å². The number of nitriles is 1. The van der Waals surface area contributed by atoms with Gasteiger partial charge in [-0.05, 0) is 12.1 Å². The number of nitrogens with two attached hydrogens (primary N) is 1. The molecular weight excluding hydrogens is 206 g/mol. The van der Waals surface area contributed by atoms with E-state index in [2.05, 4.69) is 0 Å². The second kappa shape index (κ2) is 6.22. The van der Waals surface area contributed by atoms with Crippen molar-refractivity contribution < 1.29 is 9.53 Å². The number of hydrogen-bond donors (Lipinski definition) is 2. The molecule has 0 spiro atoms. The number of rotatable bonds is 4. The van der Waals surface area contributed by atoms with Crippen LogP contribution < -0.4 is 16.0 Å². The highest BCUT2D eigenvalue weighted by Crippen LogP contribution is 2.19. The fourth-order valence-corrected chi connectivity index (χ4v) is 1.06. The average Bonchev–Trinajstić information content (AvgIpc) is 2.34. The lowest BCUT2D eigenvalue weighted by atomic mass is 10.2. The minimum Gasteiger partial charge on any atom is -0.483 e. The Hall–Kier alpha value is -2.32. The van der Waals surface area contributed by atoms with Gasteiger partial charge >= 0.3 is 0 Å². The molecular formula is C11H11N3O2. The number of ether oxygens (including phenoxy) is 1. The van der Waals surface area contributed by atoms with Gasteiger partial charge < -0.3 is 4.74 Å². The predicted octanol–water partition coefficient (Wildman–Crippen LogP) is 0.592. The molecule has 0 radical (unpaired) electrons. The van der Waals surface area contributed by atoms with Gasteiger partial charge in [-0.2, -0.15) is 5.26 Å². The van der Waals surface area contributed by atoms with Crippen LogP contribution in [0.4, 0.5) is 0 Å². The molecule has 0 bridgehead atoms. The van der Waals surface area contributed by atoms with Crippen molar-refractivity contribution >= 4 is 12.0 Å². The molecule has 0 aliphatic carbocycles. The lowest BCUT2D eigenvalue weighted by Gasteiger charge is -2.07. The van der Waals surface area contributed by atoms with Gasteiger partial charge in [0.2, 0.25) is 0 Å². The van der Waals surface area contributed by atoms with Crippen LogP contribution in [0, 0.1) is 11.3 Å². The highest BCUT2D eigenvalue weighted by atomic mass is 16.5. The van der Waals surface area contributed by atoms with Crippen LogP contribution in [0.5, 0.6) is 5.75 Å². The van der Waals surface area contributed by atoms with Crippen molar-refractivity contribution in [2.45, 2.75) is 0 Å². The second-order valence-corrected chi connectivity index (χ2v) is 2.86. The number of carbonyl (C=O) groups is 1. The first-order valence-electron chi connectivity index (χ1n) is 4.55. The lowest BCUT2D eigenvalue weighted by Crippen LogP contribution is -2.34. The van der Waals surface area contributed by atoms with Crippen molar-refractivity contribution in [1.29, 1.82) is 5.26 Å². The summed E-state index contributed by atoms with van der Waals surface area (Å²) >= 11 is 0. The van der Waals surface area contributed by atoms with Gasteiger partial charge in [-0.3, -0.25) is 10.2 Å². The number of allylic oxidation sites excluding steroid dienone is 1. The Bertz CT molecular complexity index is 435. The maximum absolute atomic E-state index is 10.9. The van der Waals surface area contributed by atoms with Crippen LogP contribution in [0.25, 0.3) is 6.08 Å². The van der Waals surface area contributed by atoms with E-state index < -0.39 is 5.91 Å². The lowest BCUT2D eigenvalue weighted by molar-refractivity contribution is -0.123. The molecule has 0 fully saturated rings. The number of para-hydroxylation sites is 1. The van der Waals surface area contributed by atoms with Gasteiger partial charge in [0.1, 0.15) is 5.75 Å². The first-order chi connectivity index (χ1) is 7.77. The number of nitrogens with one attached hydrogen (secondary N) is 1. The molecule has 0 unspecified atom stereocenters. The SMILES string of the molecule is N#CC=Cc1ccccc1OCC(=O)NN. The normalized spacial score (nSPS) is 9.75. The number of benzene rings is 1. The van der Waals surface area contributed by atoms with Crippen LogP contribution in [0.15, 0.2) is 30.3 Å². The maximum Gasteiger partial charge on any atom is 0.271 e. The fourth-order valence-electron chi connectivity index (χ4n) is 1.06. The van der Waals surface area contributed by atoms with E-state index >= 15 is 0 Å². The molecule has 0 atom stereocenters. The van der Waals surface area contributed by atoms with Crippen molar-refractivity contribution in [2.24, 2.45) is 5.84 Å². The molecule has 5 nitrogen and oxygen atoms in total. The van der Waals surface area contributed by atoms with Crippen LogP contribution in [0.3, 0.4) is 0 Å². The third-order valence-corrected chi connectivity index (χ3v) is 1.78. The van der Waals surface area contributed by atoms with E-state index in [-0.39, 0.29) is 6.61 Å². The van der Waals surface area contributed by atoms with E-state index in [4.69, 9.17) is 15.8 Å². The zero-order valence-corrected chi connectivity index (χ0v) is 8.51. The zero-order valence-electron chi connectivity index (χ0n) is 8.51. The number of hydrazine groups is 1. The molecule has 3 N–H and O–H groups in total. The Morgan fingerprint density at radius 3 is 3.00 bits per heavy atom. The largest absolute Gasteiger partial charge is 0.483 e. The van der Waals surface area contributed by atoms with E-state index in [0.29, 0.717) is 5.75 Å². The first kappa shape index (κ1) is 11.8. The Morgan fingerprint density at radius 2 is 2.31 bits per heavy atom. The second-order valence-electron chi connectivity index (χ2n) is 2.86. The third-order valence-electron chi connectivity index (χ3n) is 1.78. The smallest absolute Gasteiger partial charge is 0.271 e. The van der Waals surface area contributed by atoms with E-state index in [0.717, 1.165) is 5.56 Å². The van der Waals surface area contributed by atoms with Crippen molar-refractivity contribution in [3.05, 3.63) is 35.9 Å². The molecule has 0 saturated carbocycles. The highest BCUT2D eigenvalue weighted by molar-refractivity contribution is 5.77. The van der Waals surface area contributed by atoms with E-state index in [1.54, 1.807) is 24.3 Å². The summed E-state index contributed by atoms with van der Waals surface area (Å²) in [5.41, 5.74) is 2.69. The summed E-state index contributed by atoms with van der Waals surface area (Å²) in [6.45, 7) is -0.159. The molecule has 5 heteroatoms. The van der Waals surface area contributed by atoms with Crippen molar-refractivity contribution in [3.8, 4) is 11.8 Å². The summed E-state index contributed by atoms with van der Waals surface area (Å²) in [6.07, 6.45) is 2.95. The predicted molar refractivity (Wildman–Crippen MR) is 58.9 cm³/mol. The van der Waals surface area contributed by atoms with Crippen LogP contribution in [0.1, 0.15) is 5.56 Å². The molecule has 0 aromatic heterocycles.